The van der Waals surface area contributed by atoms with E-state index in [2.05, 4.69) is 4.84 Å². The number of hydroxylamine groups is 2. The molecule has 0 aromatic rings. The quantitative estimate of drug-likeness (QED) is 0.382. The third-order valence-electron chi connectivity index (χ3n) is 0.719. The molecule has 0 unspecified atom stereocenters. The van der Waals surface area contributed by atoms with E-state index in [-0.39, 0.29) is 0 Å². The van der Waals surface area contributed by atoms with Gasteiger partial charge in [0.15, 0.2) is 0 Å². The summed E-state index contributed by atoms with van der Waals surface area (Å²) in [5, 5.41) is -1.94. The molecule has 0 saturated carbocycles. The summed E-state index contributed by atoms with van der Waals surface area (Å²) in [4.78, 5) is 3.35. The summed E-state index contributed by atoms with van der Waals surface area (Å²) in [5.74, 6) is 0. The topological polar surface area (TPSA) is 12.5 Å². The lowest BCUT2D eigenvalue weighted by atomic mass is 10.9. The van der Waals surface area contributed by atoms with Gasteiger partial charge in [-0.15, -0.1) is 0 Å². The van der Waals surface area contributed by atoms with E-state index < -0.39 is 24.3 Å². The molecule has 0 fully saturated rings. The van der Waals surface area contributed by atoms with E-state index in [0.717, 1.165) is 6.92 Å². The molecule has 0 bridgehead atoms. The molecular weight excluding hydrogens is 192 g/mol. The minimum atomic E-state index is -5.56. The van der Waals surface area contributed by atoms with Crippen LogP contribution in [0.5, 0.6) is 0 Å². The van der Waals surface area contributed by atoms with Gasteiger partial charge < -0.3 is 0 Å². The Morgan fingerprint density at radius 3 is 1.42 bits per heavy atom. The molecular formula is C4H5F6NO. The standard InChI is InChI=1S/C4H5F6NO/c1-2-12-11(3(5,6)7)4(8,9)10/h2H2,1H3. The largest absolute Gasteiger partial charge is 0.490 e. The van der Waals surface area contributed by atoms with E-state index in [4.69, 9.17) is 0 Å². The molecule has 12 heavy (non-hydrogen) atoms. The van der Waals surface area contributed by atoms with Crippen molar-refractivity contribution in [3.8, 4) is 0 Å². The number of nitrogens with zero attached hydrogens (tertiary/aromatic N) is 1. The number of hydrogen-bond donors (Lipinski definition) is 0. The molecule has 0 radical (unpaired) electrons. The molecule has 0 aliphatic carbocycles. The van der Waals surface area contributed by atoms with Gasteiger partial charge in [0.2, 0.25) is 0 Å². The van der Waals surface area contributed by atoms with Crippen LogP contribution in [0.2, 0.25) is 0 Å². The Hall–Kier alpha value is -0.500. The third-order valence-corrected chi connectivity index (χ3v) is 0.719. The fraction of sp³-hybridized carbons (Fsp3) is 1.00. The number of alkyl halides is 6. The third kappa shape index (κ3) is 3.26. The molecule has 0 spiro atoms. The average Bonchev–Trinajstić information content (AvgIpc) is 1.77. The predicted molar refractivity (Wildman–Crippen MR) is 25.6 cm³/mol. The Morgan fingerprint density at radius 2 is 1.33 bits per heavy atom. The zero-order valence-electron chi connectivity index (χ0n) is 5.83. The maximum Gasteiger partial charge on any atom is 0.490 e. The molecule has 0 amide bonds. The van der Waals surface area contributed by atoms with Gasteiger partial charge in [-0.3, -0.25) is 4.84 Å². The van der Waals surface area contributed by atoms with Gasteiger partial charge in [-0.25, -0.2) is 0 Å². The Bertz CT molecular complexity index is 125. The number of rotatable bonds is 2. The van der Waals surface area contributed by atoms with Crippen molar-refractivity contribution in [2.24, 2.45) is 0 Å². The first-order chi connectivity index (χ1) is 5.19. The van der Waals surface area contributed by atoms with E-state index in [0.29, 0.717) is 0 Å². The van der Waals surface area contributed by atoms with Crippen LogP contribution in [0.1, 0.15) is 6.92 Å². The van der Waals surface area contributed by atoms with E-state index in [1.165, 1.54) is 0 Å². The van der Waals surface area contributed by atoms with Crippen molar-refractivity contribution < 1.29 is 31.2 Å². The summed E-state index contributed by atoms with van der Waals surface area (Å²) >= 11 is 0. The maximum absolute atomic E-state index is 11.5. The van der Waals surface area contributed by atoms with Gasteiger partial charge in [0.1, 0.15) is 0 Å². The van der Waals surface area contributed by atoms with Crippen molar-refractivity contribution in [3.05, 3.63) is 0 Å². The highest BCUT2D eigenvalue weighted by Crippen LogP contribution is 2.33. The highest BCUT2D eigenvalue weighted by Gasteiger charge is 2.55. The Balaban J connectivity index is 4.45. The summed E-state index contributed by atoms with van der Waals surface area (Å²) in [6.45, 7) is 0.309. The van der Waals surface area contributed by atoms with Crippen LogP contribution in [0, 0.1) is 0 Å². The molecule has 0 aliphatic rings. The molecule has 0 atom stereocenters. The van der Waals surface area contributed by atoms with Gasteiger partial charge in [0.25, 0.3) is 0 Å². The molecule has 2 nitrogen and oxygen atoms in total. The van der Waals surface area contributed by atoms with Crippen LogP contribution >= 0.6 is 0 Å². The minimum absolute atomic E-state index is 0.709. The maximum atomic E-state index is 11.5. The van der Waals surface area contributed by atoms with Crippen molar-refractivity contribution in [3.63, 3.8) is 0 Å². The molecule has 0 heterocycles. The van der Waals surface area contributed by atoms with E-state index in [1.54, 1.807) is 0 Å². The van der Waals surface area contributed by atoms with Crippen molar-refractivity contribution in [2.45, 2.75) is 19.5 Å². The van der Waals surface area contributed by atoms with E-state index in [1.807, 2.05) is 0 Å². The van der Waals surface area contributed by atoms with Gasteiger partial charge in [-0.1, -0.05) is 0 Å². The second kappa shape index (κ2) is 3.48. The minimum Gasteiger partial charge on any atom is -0.284 e. The van der Waals surface area contributed by atoms with E-state index in [9.17, 15) is 26.3 Å². The lowest BCUT2D eigenvalue weighted by molar-refractivity contribution is -0.481. The SMILES string of the molecule is CCON(C(F)(F)F)C(F)(F)F. The number of halogens is 6. The smallest absolute Gasteiger partial charge is 0.284 e. The Morgan fingerprint density at radius 1 is 1.00 bits per heavy atom. The first kappa shape index (κ1) is 11.5. The summed E-state index contributed by atoms with van der Waals surface area (Å²) in [6, 6.07) is 0. The Labute approximate surface area is 63.7 Å². The average molecular weight is 197 g/mol. The van der Waals surface area contributed by atoms with Crippen LogP contribution in [0.3, 0.4) is 0 Å². The second-order valence-corrected chi connectivity index (χ2v) is 1.65. The van der Waals surface area contributed by atoms with Gasteiger partial charge in [0.05, 0.1) is 6.61 Å². The highest BCUT2D eigenvalue weighted by atomic mass is 19.4. The molecule has 8 heteroatoms. The molecule has 0 aromatic heterocycles. The van der Waals surface area contributed by atoms with Crippen LogP contribution < -0.4 is 0 Å². The summed E-state index contributed by atoms with van der Waals surface area (Å²) in [6.07, 6.45) is -11.1. The van der Waals surface area contributed by atoms with Crippen molar-refractivity contribution in [1.29, 1.82) is 0 Å². The fourth-order valence-corrected chi connectivity index (χ4v) is 0.419. The molecule has 74 valence electrons. The summed E-state index contributed by atoms with van der Waals surface area (Å²) in [5.41, 5.74) is 0. The monoisotopic (exact) mass is 197 g/mol. The van der Waals surface area contributed by atoms with Gasteiger partial charge >= 0.3 is 12.6 Å². The van der Waals surface area contributed by atoms with Crippen LogP contribution in [0.25, 0.3) is 0 Å². The van der Waals surface area contributed by atoms with Crippen molar-refractivity contribution in [1.82, 2.24) is 5.06 Å². The Kier molecular flexibility index (Phi) is 3.34. The molecule has 0 rings (SSSR count). The first-order valence-electron chi connectivity index (χ1n) is 2.76. The molecule has 0 N–H and O–H groups in total. The van der Waals surface area contributed by atoms with Crippen LogP contribution in [-0.2, 0) is 4.84 Å². The summed E-state index contributed by atoms with van der Waals surface area (Å²) < 4.78 is 68.9. The van der Waals surface area contributed by atoms with Crippen molar-refractivity contribution >= 4 is 0 Å². The van der Waals surface area contributed by atoms with Gasteiger partial charge in [-0.2, -0.15) is 26.3 Å². The van der Waals surface area contributed by atoms with Crippen molar-refractivity contribution in [2.75, 3.05) is 6.61 Å². The zero-order valence-corrected chi connectivity index (χ0v) is 5.83. The molecule has 0 saturated heterocycles. The first-order valence-corrected chi connectivity index (χ1v) is 2.76. The van der Waals surface area contributed by atoms with Crippen LogP contribution in [0.15, 0.2) is 0 Å². The lowest BCUT2D eigenvalue weighted by Gasteiger charge is -2.24. The fourth-order valence-electron chi connectivity index (χ4n) is 0.419. The van der Waals surface area contributed by atoms with Crippen LogP contribution in [-0.4, -0.2) is 24.3 Å². The lowest BCUT2D eigenvalue weighted by Crippen LogP contribution is -2.47. The molecule has 0 aromatic carbocycles. The number of hydrogen-bond acceptors (Lipinski definition) is 2. The van der Waals surface area contributed by atoms with Gasteiger partial charge in [-0.05, 0) is 6.92 Å². The van der Waals surface area contributed by atoms with Gasteiger partial charge in [0, 0.05) is 5.06 Å². The van der Waals surface area contributed by atoms with Crippen LogP contribution in [0.4, 0.5) is 26.3 Å². The second-order valence-electron chi connectivity index (χ2n) is 1.65. The molecule has 0 aliphatic heterocycles. The summed E-state index contributed by atoms with van der Waals surface area (Å²) in [7, 11) is 0. The zero-order chi connectivity index (χ0) is 9.99. The highest BCUT2D eigenvalue weighted by molar-refractivity contribution is 4.50. The van der Waals surface area contributed by atoms with E-state index >= 15 is 0 Å². The predicted octanol–water partition coefficient (Wildman–Crippen LogP) is 2.28. The normalized spacial score (nSPS) is 14.0.